The lowest BCUT2D eigenvalue weighted by Crippen LogP contribution is -2.02. The molecule has 0 saturated carbocycles. The van der Waals surface area contributed by atoms with Gasteiger partial charge in [0.1, 0.15) is 11.5 Å². The number of anilines is 2. The average molecular weight is 386 g/mol. The molecule has 0 spiro atoms. The second kappa shape index (κ2) is 9.02. The maximum atomic E-state index is 10.5. The minimum absolute atomic E-state index is 0.106. The Hall–Kier alpha value is -3.66. The fourth-order valence-corrected chi connectivity index (χ4v) is 3.46. The van der Waals surface area contributed by atoms with Crippen molar-refractivity contribution in [1.82, 2.24) is 0 Å². The second-order valence-corrected chi connectivity index (χ2v) is 6.96. The molecule has 0 aliphatic rings. The molecule has 0 heterocycles. The van der Waals surface area contributed by atoms with Crippen molar-refractivity contribution >= 4 is 23.5 Å². The molecule has 3 aromatic rings. The zero-order chi connectivity index (χ0) is 20.8. The summed E-state index contributed by atoms with van der Waals surface area (Å²) < 4.78 is 0. The Bertz CT molecular complexity index is 1000. The van der Waals surface area contributed by atoms with E-state index in [1.165, 1.54) is 12.1 Å². The van der Waals surface area contributed by atoms with Crippen LogP contribution in [0.25, 0.3) is 12.2 Å². The predicted molar refractivity (Wildman–Crippen MR) is 122 cm³/mol. The lowest BCUT2D eigenvalue weighted by molar-refractivity contribution is 0.455. The van der Waals surface area contributed by atoms with E-state index in [1.54, 1.807) is 24.3 Å². The minimum Gasteiger partial charge on any atom is -0.508 e. The van der Waals surface area contributed by atoms with Crippen molar-refractivity contribution in [3.8, 4) is 11.5 Å². The molecule has 29 heavy (non-hydrogen) atoms. The van der Waals surface area contributed by atoms with Gasteiger partial charge in [-0.1, -0.05) is 60.7 Å². The highest BCUT2D eigenvalue weighted by Gasteiger charge is 2.20. The fraction of sp³-hybridized carbons (Fsp3) is 0.120. The first-order valence-electron chi connectivity index (χ1n) is 9.54. The Kier molecular flexibility index (Phi) is 6.25. The second-order valence-electron chi connectivity index (χ2n) is 6.96. The molecule has 4 heteroatoms. The molecule has 0 aromatic heterocycles. The number of hydrogen-bond acceptors (Lipinski definition) is 4. The average Bonchev–Trinajstić information content (AvgIpc) is 2.68. The van der Waals surface area contributed by atoms with Gasteiger partial charge in [-0.15, -0.1) is 0 Å². The minimum atomic E-state index is -0.249. The van der Waals surface area contributed by atoms with Gasteiger partial charge in [-0.3, -0.25) is 0 Å². The monoisotopic (exact) mass is 386 g/mol. The van der Waals surface area contributed by atoms with E-state index in [2.05, 4.69) is 30.4 Å². The fourth-order valence-electron chi connectivity index (χ4n) is 3.46. The SMILES string of the molecule is C/C=C\c1ccccc1/C=C\CC(c1ccc(N)cc1O)c1ccc(N)cc1O. The molecular weight excluding hydrogens is 360 g/mol. The summed E-state index contributed by atoms with van der Waals surface area (Å²) in [6.07, 6.45) is 8.77. The van der Waals surface area contributed by atoms with Crippen LogP contribution in [0.3, 0.4) is 0 Å². The molecule has 0 saturated heterocycles. The van der Waals surface area contributed by atoms with Gasteiger partial charge in [0.05, 0.1) is 0 Å². The number of hydrogen-bond donors (Lipinski definition) is 4. The van der Waals surface area contributed by atoms with Crippen LogP contribution in [0.15, 0.2) is 72.8 Å². The van der Waals surface area contributed by atoms with E-state index in [0.717, 1.165) is 11.1 Å². The van der Waals surface area contributed by atoms with Crippen molar-refractivity contribution in [2.24, 2.45) is 0 Å². The summed E-state index contributed by atoms with van der Waals surface area (Å²) in [5.41, 5.74) is 16.2. The standard InChI is InChI=1S/C25H26N2O2/c1-2-6-17-7-3-4-8-18(17)9-5-10-21(22-13-11-19(26)15-24(22)28)23-14-12-20(27)16-25(23)29/h2-9,11-16,21,28-29H,10,26-27H2,1H3/b6-2-,9-5-. The van der Waals surface area contributed by atoms with Crippen molar-refractivity contribution in [3.05, 3.63) is 95.1 Å². The van der Waals surface area contributed by atoms with E-state index in [-0.39, 0.29) is 17.4 Å². The number of nitrogen functional groups attached to an aromatic ring is 2. The van der Waals surface area contributed by atoms with E-state index in [1.807, 2.05) is 25.1 Å². The van der Waals surface area contributed by atoms with E-state index in [0.29, 0.717) is 28.9 Å². The molecule has 0 unspecified atom stereocenters. The van der Waals surface area contributed by atoms with Crippen LogP contribution in [-0.4, -0.2) is 10.2 Å². The van der Waals surface area contributed by atoms with Crippen molar-refractivity contribution in [3.63, 3.8) is 0 Å². The van der Waals surface area contributed by atoms with Gasteiger partial charge in [-0.2, -0.15) is 0 Å². The van der Waals surface area contributed by atoms with Crippen LogP contribution in [0.2, 0.25) is 0 Å². The van der Waals surface area contributed by atoms with E-state index >= 15 is 0 Å². The molecule has 0 aliphatic carbocycles. The maximum absolute atomic E-state index is 10.5. The van der Waals surface area contributed by atoms with Crippen LogP contribution >= 0.6 is 0 Å². The number of phenolic OH excluding ortho intramolecular Hbond substituents is 2. The topological polar surface area (TPSA) is 92.5 Å². The van der Waals surface area contributed by atoms with E-state index in [9.17, 15) is 10.2 Å². The lowest BCUT2D eigenvalue weighted by atomic mass is 9.86. The summed E-state index contributed by atoms with van der Waals surface area (Å²) in [6, 6.07) is 18.3. The molecular formula is C25H26N2O2. The Balaban J connectivity index is 1.98. The first kappa shape index (κ1) is 20.1. The molecule has 148 valence electrons. The van der Waals surface area contributed by atoms with Crippen LogP contribution < -0.4 is 11.5 Å². The first-order valence-corrected chi connectivity index (χ1v) is 9.54. The first-order chi connectivity index (χ1) is 14.0. The van der Waals surface area contributed by atoms with E-state index < -0.39 is 0 Å². The number of nitrogens with two attached hydrogens (primary N) is 2. The van der Waals surface area contributed by atoms with Crippen molar-refractivity contribution in [2.45, 2.75) is 19.3 Å². The summed E-state index contributed by atoms with van der Waals surface area (Å²) >= 11 is 0. The Morgan fingerprint density at radius 1 is 0.793 bits per heavy atom. The lowest BCUT2D eigenvalue weighted by Gasteiger charge is -2.19. The van der Waals surface area contributed by atoms with Crippen molar-refractivity contribution < 1.29 is 10.2 Å². The summed E-state index contributed by atoms with van der Waals surface area (Å²) in [5, 5.41) is 21.0. The van der Waals surface area contributed by atoms with Crippen molar-refractivity contribution in [2.75, 3.05) is 11.5 Å². The molecule has 4 nitrogen and oxygen atoms in total. The highest BCUT2D eigenvalue weighted by atomic mass is 16.3. The molecule has 0 radical (unpaired) electrons. The molecule has 0 fully saturated rings. The summed E-state index contributed by atoms with van der Waals surface area (Å²) in [6.45, 7) is 1.99. The smallest absolute Gasteiger partial charge is 0.121 e. The van der Waals surface area contributed by atoms with Gasteiger partial charge in [0.15, 0.2) is 0 Å². The molecule has 0 aliphatic heterocycles. The van der Waals surface area contributed by atoms with Crippen molar-refractivity contribution in [1.29, 1.82) is 0 Å². The molecule has 0 atom stereocenters. The largest absolute Gasteiger partial charge is 0.508 e. The molecule has 0 bridgehead atoms. The van der Waals surface area contributed by atoms with E-state index in [4.69, 9.17) is 11.5 Å². The van der Waals surface area contributed by atoms with Gasteiger partial charge in [-0.25, -0.2) is 0 Å². The van der Waals surface area contributed by atoms with Crippen LogP contribution in [-0.2, 0) is 0 Å². The Labute approximate surface area is 171 Å². The predicted octanol–water partition coefficient (Wildman–Crippen LogP) is 5.53. The Morgan fingerprint density at radius 2 is 1.31 bits per heavy atom. The maximum Gasteiger partial charge on any atom is 0.121 e. The van der Waals surface area contributed by atoms with Gasteiger partial charge in [0, 0.05) is 40.6 Å². The quantitative estimate of drug-likeness (QED) is 0.419. The third kappa shape index (κ3) is 4.79. The highest BCUT2D eigenvalue weighted by molar-refractivity contribution is 5.65. The number of phenols is 2. The number of allylic oxidation sites excluding steroid dienone is 2. The molecule has 0 amide bonds. The molecule has 3 aromatic carbocycles. The highest BCUT2D eigenvalue weighted by Crippen LogP contribution is 2.39. The van der Waals surface area contributed by atoms with Crippen LogP contribution in [0, 0.1) is 0 Å². The third-order valence-corrected chi connectivity index (χ3v) is 4.87. The Morgan fingerprint density at radius 3 is 1.79 bits per heavy atom. The van der Waals surface area contributed by atoms with Gasteiger partial charge in [0.25, 0.3) is 0 Å². The summed E-state index contributed by atoms with van der Waals surface area (Å²) in [5.74, 6) is -0.0378. The van der Waals surface area contributed by atoms with Crippen LogP contribution in [0.1, 0.15) is 41.5 Å². The van der Waals surface area contributed by atoms with Gasteiger partial charge >= 0.3 is 0 Å². The number of aromatic hydroxyl groups is 2. The molecule has 6 N–H and O–H groups in total. The van der Waals surface area contributed by atoms with Gasteiger partial charge in [0.2, 0.25) is 0 Å². The third-order valence-electron chi connectivity index (χ3n) is 4.87. The van der Waals surface area contributed by atoms with Gasteiger partial charge in [-0.05, 0) is 36.6 Å². The summed E-state index contributed by atoms with van der Waals surface area (Å²) in [7, 11) is 0. The summed E-state index contributed by atoms with van der Waals surface area (Å²) in [4.78, 5) is 0. The molecule has 3 rings (SSSR count). The zero-order valence-corrected chi connectivity index (χ0v) is 16.4. The van der Waals surface area contributed by atoms with Gasteiger partial charge < -0.3 is 21.7 Å². The number of rotatable bonds is 6. The number of benzene rings is 3. The van der Waals surface area contributed by atoms with Crippen LogP contribution in [0.5, 0.6) is 11.5 Å². The zero-order valence-electron chi connectivity index (χ0n) is 16.4. The van der Waals surface area contributed by atoms with Crippen LogP contribution in [0.4, 0.5) is 11.4 Å². The normalized spacial score (nSPS) is 11.7.